The predicted octanol–water partition coefficient (Wildman–Crippen LogP) is 4.25. The molecular formula is C15H13ClF2O2. The smallest absolute Gasteiger partial charge is 0.129 e. The average Bonchev–Trinajstić information content (AvgIpc) is 2.39. The molecule has 2 aromatic carbocycles. The Kier molecular flexibility index (Phi) is 4.57. The van der Waals surface area contributed by atoms with Gasteiger partial charge in [0.1, 0.15) is 24.0 Å². The van der Waals surface area contributed by atoms with Crippen LogP contribution in [-0.2, 0) is 6.61 Å². The molecule has 0 aliphatic heterocycles. The summed E-state index contributed by atoms with van der Waals surface area (Å²) in [7, 11) is 0. The second-order valence-corrected chi connectivity index (χ2v) is 4.82. The third kappa shape index (κ3) is 3.46. The minimum atomic E-state index is -0.810. The van der Waals surface area contributed by atoms with E-state index < -0.39 is 17.7 Å². The van der Waals surface area contributed by atoms with E-state index in [1.807, 2.05) is 0 Å². The summed E-state index contributed by atoms with van der Waals surface area (Å²) in [5, 5.41) is 9.98. The van der Waals surface area contributed by atoms with E-state index in [2.05, 4.69) is 0 Å². The number of aliphatic hydroxyl groups is 1. The van der Waals surface area contributed by atoms with Gasteiger partial charge in [0, 0.05) is 22.2 Å². The first kappa shape index (κ1) is 14.8. The molecule has 0 unspecified atom stereocenters. The maximum Gasteiger partial charge on any atom is 0.129 e. The number of aliphatic hydroxyl groups excluding tert-OH is 1. The molecule has 2 aromatic rings. The quantitative estimate of drug-likeness (QED) is 0.914. The summed E-state index contributed by atoms with van der Waals surface area (Å²) < 4.78 is 32.2. The number of ether oxygens (including phenoxy) is 1. The van der Waals surface area contributed by atoms with Crippen LogP contribution in [0.1, 0.15) is 24.2 Å². The van der Waals surface area contributed by atoms with E-state index >= 15 is 0 Å². The molecule has 106 valence electrons. The summed E-state index contributed by atoms with van der Waals surface area (Å²) in [4.78, 5) is 0. The molecule has 0 saturated carbocycles. The van der Waals surface area contributed by atoms with E-state index in [4.69, 9.17) is 16.3 Å². The summed E-state index contributed by atoms with van der Waals surface area (Å²) in [5.74, 6) is -0.764. The minimum absolute atomic E-state index is 0.102. The lowest BCUT2D eigenvalue weighted by Crippen LogP contribution is -2.03. The van der Waals surface area contributed by atoms with Gasteiger partial charge in [-0.25, -0.2) is 8.78 Å². The van der Waals surface area contributed by atoms with Gasteiger partial charge in [-0.05, 0) is 37.3 Å². The predicted molar refractivity (Wildman–Crippen MR) is 72.8 cm³/mol. The van der Waals surface area contributed by atoms with Crippen LogP contribution in [0.25, 0.3) is 0 Å². The Balaban J connectivity index is 2.22. The Labute approximate surface area is 120 Å². The lowest BCUT2D eigenvalue weighted by molar-refractivity contribution is 0.189. The van der Waals surface area contributed by atoms with Crippen molar-refractivity contribution in [3.8, 4) is 5.75 Å². The summed E-state index contributed by atoms with van der Waals surface area (Å²) in [6.45, 7) is 1.44. The molecule has 2 nitrogen and oxygen atoms in total. The average molecular weight is 299 g/mol. The van der Waals surface area contributed by atoms with Crippen molar-refractivity contribution in [3.05, 3.63) is 64.2 Å². The minimum Gasteiger partial charge on any atom is -0.488 e. The molecule has 20 heavy (non-hydrogen) atoms. The fourth-order valence-electron chi connectivity index (χ4n) is 1.79. The van der Waals surface area contributed by atoms with Crippen LogP contribution in [0.4, 0.5) is 8.78 Å². The van der Waals surface area contributed by atoms with Gasteiger partial charge >= 0.3 is 0 Å². The molecule has 0 heterocycles. The Bertz CT molecular complexity index is 615. The van der Waals surface area contributed by atoms with Gasteiger partial charge in [0.2, 0.25) is 0 Å². The summed E-state index contributed by atoms with van der Waals surface area (Å²) in [6.07, 6.45) is -0.810. The molecular weight excluding hydrogens is 286 g/mol. The van der Waals surface area contributed by atoms with Crippen LogP contribution in [0.5, 0.6) is 5.75 Å². The summed E-state index contributed by atoms with van der Waals surface area (Å²) >= 11 is 5.78. The van der Waals surface area contributed by atoms with Crippen LogP contribution in [0.3, 0.4) is 0 Å². The second kappa shape index (κ2) is 6.20. The van der Waals surface area contributed by atoms with Crippen molar-refractivity contribution in [1.29, 1.82) is 0 Å². The van der Waals surface area contributed by atoms with Gasteiger partial charge in [-0.1, -0.05) is 11.6 Å². The topological polar surface area (TPSA) is 29.5 Å². The van der Waals surface area contributed by atoms with Crippen LogP contribution in [-0.4, -0.2) is 5.11 Å². The van der Waals surface area contributed by atoms with Crippen molar-refractivity contribution in [2.24, 2.45) is 0 Å². The SMILES string of the molecule is C[C@@H](O)c1ccc(F)cc1OCc1cc(Cl)ccc1F. The standard InChI is InChI=1S/C15H13ClF2O2/c1-9(19)13-4-3-12(17)7-15(13)20-8-10-6-11(16)2-5-14(10)18/h2-7,9,19H,8H2,1H3/t9-/m1/s1. The number of halogens is 3. The molecule has 0 aliphatic carbocycles. The maximum absolute atomic E-state index is 13.5. The third-order valence-electron chi connectivity index (χ3n) is 2.82. The fourth-order valence-corrected chi connectivity index (χ4v) is 1.98. The largest absolute Gasteiger partial charge is 0.488 e. The van der Waals surface area contributed by atoms with Gasteiger partial charge in [-0.15, -0.1) is 0 Å². The highest BCUT2D eigenvalue weighted by Crippen LogP contribution is 2.27. The van der Waals surface area contributed by atoms with Gasteiger partial charge in [0.15, 0.2) is 0 Å². The van der Waals surface area contributed by atoms with Crippen LogP contribution in [0, 0.1) is 11.6 Å². The lowest BCUT2D eigenvalue weighted by atomic mass is 10.1. The Morgan fingerprint density at radius 2 is 1.95 bits per heavy atom. The van der Waals surface area contributed by atoms with Gasteiger partial charge in [0.25, 0.3) is 0 Å². The Hall–Kier alpha value is -1.65. The molecule has 1 atom stereocenters. The van der Waals surface area contributed by atoms with Gasteiger partial charge < -0.3 is 9.84 Å². The van der Waals surface area contributed by atoms with Crippen LogP contribution in [0.2, 0.25) is 5.02 Å². The molecule has 0 amide bonds. The van der Waals surface area contributed by atoms with Crippen molar-refractivity contribution in [3.63, 3.8) is 0 Å². The molecule has 0 aromatic heterocycles. The van der Waals surface area contributed by atoms with Crippen LogP contribution >= 0.6 is 11.6 Å². The van der Waals surface area contributed by atoms with Gasteiger partial charge in [-0.2, -0.15) is 0 Å². The second-order valence-electron chi connectivity index (χ2n) is 4.38. The Morgan fingerprint density at radius 3 is 2.65 bits per heavy atom. The van der Waals surface area contributed by atoms with Crippen molar-refractivity contribution in [2.75, 3.05) is 0 Å². The first-order valence-corrected chi connectivity index (χ1v) is 6.39. The molecule has 0 saturated heterocycles. The first-order chi connectivity index (χ1) is 9.47. The van der Waals surface area contributed by atoms with E-state index in [1.165, 1.54) is 30.3 Å². The summed E-state index contributed by atoms with van der Waals surface area (Å²) in [6, 6.07) is 7.94. The van der Waals surface area contributed by atoms with Gasteiger partial charge in [-0.3, -0.25) is 0 Å². The highest BCUT2D eigenvalue weighted by Gasteiger charge is 2.12. The molecule has 0 bridgehead atoms. The van der Waals surface area contributed by atoms with Crippen molar-refractivity contribution in [1.82, 2.24) is 0 Å². The molecule has 2 rings (SSSR count). The molecule has 0 fully saturated rings. The van der Waals surface area contributed by atoms with E-state index in [9.17, 15) is 13.9 Å². The zero-order valence-electron chi connectivity index (χ0n) is 10.7. The van der Waals surface area contributed by atoms with E-state index in [0.717, 1.165) is 6.07 Å². The fraction of sp³-hybridized carbons (Fsp3) is 0.200. The number of hydrogen-bond acceptors (Lipinski definition) is 2. The zero-order chi connectivity index (χ0) is 14.7. The number of benzene rings is 2. The Morgan fingerprint density at radius 1 is 1.20 bits per heavy atom. The van der Waals surface area contributed by atoms with Crippen LogP contribution in [0.15, 0.2) is 36.4 Å². The molecule has 0 radical (unpaired) electrons. The zero-order valence-corrected chi connectivity index (χ0v) is 11.5. The maximum atomic E-state index is 13.5. The molecule has 0 aliphatic rings. The van der Waals surface area contributed by atoms with E-state index in [-0.39, 0.29) is 17.9 Å². The number of rotatable bonds is 4. The third-order valence-corrected chi connectivity index (χ3v) is 3.05. The monoisotopic (exact) mass is 298 g/mol. The van der Waals surface area contributed by atoms with E-state index in [0.29, 0.717) is 10.6 Å². The summed E-state index contributed by atoms with van der Waals surface area (Å²) in [5.41, 5.74) is 0.701. The van der Waals surface area contributed by atoms with E-state index in [1.54, 1.807) is 6.92 Å². The highest BCUT2D eigenvalue weighted by atomic mass is 35.5. The normalized spacial score (nSPS) is 12.2. The van der Waals surface area contributed by atoms with Crippen LogP contribution < -0.4 is 4.74 Å². The molecule has 5 heteroatoms. The molecule has 1 N–H and O–H groups in total. The van der Waals surface area contributed by atoms with Crippen molar-refractivity contribution in [2.45, 2.75) is 19.6 Å². The number of hydrogen-bond donors (Lipinski definition) is 1. The lowest BCUT2D eigenvalue weighted by Gasteiger charge is -2.14. The van der Waals surface area contributed by atoms with Crippen molar-refractivity contribution >= 4 is 11.6 Å². The first-order valence-electron chi connectivity index (χ1n) is 6.01. The van der Waals surface area contributed by atoms with Crippen molar-refractivity contribution < 1.29 is 18.6 Å². The van der Waals surface area contributed by atoms with Gasteiger partial charge in [0.05, 0.1) is 6.10 Å². The highest BCUT2D eigenvalue weighted by molar-refractivity contribution is 6.30. The molecule has 0 spiro atoms.